The van der Waals surface area contributed by atoms with Gasteiger partial charge in [0.1, 0.15) is 16.2 Å². The van der Waals surface area contributed by atoms with Crippen LogP contribution in [-0.2, 0) is 14.8 Å². The van der Waals surface area contributed by atoms with Gasteiger partial charge in [0.05, 0.1) is 12.8 Å². The highest BCUT2D eigenvalue weighted by molar-refractivity contribution is 7.89. The number of amides is 3. The molecule has 1 aliphatic heterocycles. The fraction of sp³-hybridized carbons (Fsp3) is 0.409. The van der Waals surface area contributed by atoms with E-state index in [1.807, 2.05) is 0 Å². The number of carbonyl (C=O) groups excluding carboxylic acids is 2. The largest absolute Gasteiger partial charge is 0.495 e. The Labute approximate surface area is 199 Å². The Bertz CT molecular complexity index is 1130. The number of urea groups is 1. The summed E-state index contributed by atoms with van der Waals surface area (Å²) in [5.74, 6) is 0.401. The highest BCUT2D eigenvalue weighted by atomic mass is 32.2. The minimum absolute atomic E-state index is 0.121. The number of anilines is 2. The lowest BCUT2D eigenvalue weighted by atomic mass is 10.2. The van der Waals surface area contributed by atoms with Crippen LogP contribution in [0.5, 0.6) is 5.75 Å². The maximum absolute atomic E-state index is 12.8. The summed E-state index contributed by atoms with van der Waals surface area (Å²) < 4.78 is 37.4. The van der Waals surface area contributed by atoms with E-state index in [0.29, 0.717) is 17.1 Å². The van der Waals surface area contributed by atoms with Crippen LogP contribution < -0.4 is 15.4 Å². The van der Waals surface area contributed by atoms with Gasteiger partial charge in [-0.15, -0.1) is 0 Å². The number of piperazine rings is 1. The number of pyridine rings is 1. The fourth-order valence-corrected chi connectivity index (χ4v) is 4.67. The van der Waals surface area contributed by atoms with Gasteiger partial charge in [0.25, 0.3) is 0 Å². The summed E-state index contributed by atoms with van der Waals surface area (Å²) in [4.78, 5) is 30.4. The summed E-state index contributed by atoms with van der Waals surface area (Å²) in [5.41, 5.74) is 0.0969. The monoisotopic (exact) mass is 491 g/mol. The predicted molar refractivity (Wildman–Crippen MR) is 126 cm³/mol. The molecule has 2 N–H and O–H groups in total. The zero-order valence-electron chi connectivity index (χ0n) is 19.6. The number of nitrogens with one attached hydrogen (secondary N) is 2. The third-order valence-electron chi connectivity index (χ3n) is 4.88. The molecule has 2 aromatic rings. The summed E-state index contributed by atoms with van der Waals surface area (Å²) in [6.07, 6.45) is 2.16. The minimum atomic E-state index is -3.66. The quantitative estimate of drug-likeness (QED) is 0.658. The van der Waals surface area contributed by atoms with Crippen molar-refractivity contribution in [3.63, 3.8) is 0 Å². The summed E-state index contributed by atoms with van der Waals surface area (Å²) >= 11 is 0. The average molecular weight is 492 g/mol. The van der Waals surface area contributed by atoms with Crippen molar-refractivity contribution in [2.45, 2.75) is 31.3 Å². The Morgan fingerprint density at radius 3 is 2.35 bits per heavy atom. The van der Waals surface area contributed by atoms with Crippen molar-refractivity contribution < 1.29 is 27.5 Å². The van der Waals surface area contributed by atoms with Crippen molar-refractivity contribution in [2.24, 2.45) is 0 Å². The van der Waals surface area contributed by atoms with Crippen molar-refractivity contribution in [2.75, 3.05) is 43.9 Å². The number of methoxy groups -OCH3 is 1. The molecule has 11 nitrogen and oxygen atoms in total. The molecule has 1 aromatic heterocycles. The van der Waals surface area contributed by atoms with Gasteiger partial charge >= 0.3 is 12.1 Å². The topological polar surface area (TPSA) is 130 Å². The molecular formula is C22H29N5O6S. The van der Waals surface area contributed by atoms with Gasteiger partial charge in [-0.2, -0.15) is 4.31 Å². The lowest BCUT2D eigenvalue weighted by molar-refractivity contribution is 0.0635. The molecule has 0 aliphatic carbocycles. The standard InChI is InChI=1S/C22H29N5O6S/c1-22(2,3)33-21(29)25-18-14-16(7-8-19(18)32-4)24-20(28)26-10-12-27(13-11-26)34(30,31)17-6-5-9-23-15-17/h5-9,14-15H,10-13H2,1-4H3,(H,24,28)(H,25,29). The molecule has 0 spiro atoms. The Morgan fingerprint density at radius 1 is 1.06 bits per heavy atom. The van der Waals surface area contributed by atoms with Crippen molar-refractivity contribution in [3.05, 3.63) is 42.7 Å². The van der Waals surface area contributed by atoms with E-state index < -0.39 is 21.7 Å². The molecule has 184 valence electrons. The van der Waals surface area contributed by atoms with Gasteiger partial charge < -0.3 is 19.7 Å². The number of rotatable bonds is 5. The Hall–Kier alpha value is -3.38. The molecule has 34 heavy (non-hydrogen) atoms. The van der Waals surface area contributed by atoms with Crippen LogP contribution in [0.4, 0.5) is 21.0 Å². The molecule has 3 rings (SSSR count). The van der Waals surface area contributed by atoms with E-state index in [9.17, 15) is 18.0 Å². The van der Waals surface area contributed by atoms with E-state index >= 15 is 0 Å². The summed E-state index contributed by atoms with van der Waals surface area (Å²) in [6, 6.07) is 7.49. The van der Waals surface area contributed by atoms with Gasteiger partial charge in [0, 0.05) is 44.3 Å². The second kappa shape index (κ2) is 10.3. The van der Waals surface area contributed by atoms with Gasteiger partial charge in [-0.05, 0) is 51.1 Å². The molecule has 0 atom stereocenters. The molecule has 0 unspecified atom stereocenters. The first-order valence-electron chi connectivity index (χ1n) is 10.6. The number of hydrogen-bond acceptors (Lipinski definition) is 7. The maximum Gasteiger partial charge on any atom is 0.412 e. The van der Waals surface area contributed by atoms with Crippen LogP contribution in [-0.4, -0.2) is 73.6 Å². The number of carbonyl (C=O) groups is 2. The van der Waals surface area contributed by atoms with Gasteiger partial charge in [-0.25, -0.2) is 18.0 Å². The van der Waals surface area contributed by atoms with E-state index in [1.54, 1.807) is 45.0 Å². The minimum Gasteiger partial charge on any atom is -0.495 e. The molecule has 2 heterocycles. The van der Waals surface area contributed by atoms with Crippen molar-refractivity contribution >= 4 is 33.5 Å². The molecular weight excluding hydrogens is 462 g/mol. The zero-order chi connectivity index (χ0) is 24.9. The SMILES string of the molecule is COc1ccc(NC(=O)N2CCN(S(=O)(=O)c3cccnc3)CC2)cc1NC(=O)OC(C)(C)C. The highest BCUT2D eigenvalue weighted by Gasteiger charge is 2.30. The first kappa shape index (κ1) is 25.2. The second-order valence-corrected chi connectivity index (χ2v) is 10.5. The number of nitrogens with zero attached hydrogens (tertiary/aromatic N) is 3. The molecule has 1 aliphatic rings. The van der Waals surface area contributed by atoms with E-state index in [-0.39, 0.29) is 37.1 Å². The van der Waals surface area contributed by atoms with E-state index in [1.165, 1.54) is 34.8 Å². The highest BCUT2D eigenvalue weighted by Crippen LogP contribution is 2.29. The number of ether oxygens (including phenoxy) is 2. The van der Waals surface area contributed by atoms with Crippen molar-refractivity contribution in [3.8, 4) is 5.75 Å². The van der Waals surface area contributed by atoms with Crippen LogP contribution in [0, 0.1) is 0 Å². The molecule has 3 amide bonds. The molecule has 0 saturated carbocycles. The lowest BCUT2D eigenvalue weighted by Crippen LogP contribution is -2.51. The van der Waals surface area contributed by atoms with Crippen molar-refractivity contribution in [1.82, 2.24) is 14.2 Å². The molecule has 1 fully saturated rings. The van der Waals surface area contributed by atoms with Crippen molar-refractivity contribution in [1.29, 1.82) is 0 Å². The Balaban J connectivity index is 1.62. The number of benzene rings is 1. The van der Waals surface area contributed by atoms with Gasteiger partial charge in [-0.1, -0.05) is 0 Å². The maximum atomic E-state index is 12.8. The molecule has 12 heteroatoms. The van der Waals surface area contributed by atoms with Crippen LogP contribution >= 0.6 is 0 Å². The molecule has 0 radical (unpaired) electrons. The second-order valence-electron chi connectivity index (χ2n) is 8.55. The smallest absolute Gasteiger partial charge is 0.412 e. The third-order valence-corrected chi connectivity index (χ3v) is 6.77. The fourth-order valence-electron chi connectivity index (χ4n) is 3.28. The van der Waals surface area contributed by atoms with Crippen LogP contribution in [0.2, 0.25) is 0 Å². The summed E-state index contributed by atoms with van der Waals surface area (Å²) in [6.45, 7) is 6.04. The van der Waals surface area contributed by atoms with Gasteiger partial charge in [0.15, 0.2) is 0 Å². The molecule has 0 bridgehead atoms. The number of sulfonamides is 1. The number of hydrogen-bond donors (Lipinski definition) is 2. The van der Waals surface area contributed by atoms with Crippen LogP contribution in [0.25, 0.3) is 0 Å². The zero-order valence-corrected chi connectivity index (χ0v) is 20.4. The van der Waals surface area contributed by atoms with Crippen LogP contribution in [0.3, 0.4) is 0 Å². The van der Waals surface area contributed by atoms with Crippen LogP contribution in [0.15, 0.2) is 47.6 Å². The first-order chi connectivity index (χ1) is 16.0. The molecule has 1 saturated heterocycles. The van der Waals surface area contributed by atoms with Gasteiger partial charge in [0.2, 0.25) is 10.0 Å². The predicted octanol–water partition coefficient (Wildman–Crippen LogP) is 2.98. The van der Waals surface area contributed by atoms with E-state index in [2.05, 4.69) is 15.6 Å². The van der Waals surface area contributed by atoms with Gasteiger partial charge in [-0.3, -0.25) is 10.3 Å². The third kappa shape index (κ3) is 6.35. The molecule has 1 aromatic carbocycles. The summed E-state index contributed by atoms with van der Waals surface area (Å²) in [7, 11) is -2.20. The van der Waals surface area contributed by atoms with E-state index in [4.69, 9.17) is 9.47 Å². The normalized spacial score (nSPS) is 14.9. The summed E-state index contributed by atoms with van der Waals surface area (Å²) in [5, 5.41) is 5.39. The average Bonchev–Trinajstić information content (AvgIpc) is 2.78. The lowest BCUT2D eigenvalue weighted by Gasteiger charge is -2.33. The Kier molecular flexibility index (Phi) is 7.62. The number of aromatic nitrogens is 1. The van der Waals surface area contributed by atoms with Crippen LogP contribution in [0.1, 0.15) is 20.8 Å². The first-order valence-corrected chi connectivity index (χ1v) is 12.1. The van der Waals surface area contributed by atoms with E-state index in [0.717, 1.165) is 0 Å². The Morgan fingerprint density at radius 2 is 1.76 bits per heavy atom.